The molecule has 0 spiro atoms. The Bertz CT molecular complexity index is 526. The molecule has 130 valence electrons. The maximum Gasteiger partial charge on any atom is 0.307 e. The quantitative estimate of drug-likeness (QED) is 0.360. The largest absolute Gasteiger partial charge is 0.469 e. The number of ether oxygens (including phenoxy) is 2. The average molecular weight is 338 g/mol. The van der Waals surface area contributed by atoms with Crippen LogP contribution in [0.5, 0.6) is 0 Å². The number of rotatable bonds is 10. The third-order valence-electron chi connectivity index (χ3n) is 3.15. The van der Waals surface area contributed by atoms with Crippen LogP contribution in [0, 0.1) is 9.81 Å². The molecule has 10 nitrogen and oxygen atoms in total. The molecule has 0 unspecified atom stereocenters. The van der Waals surface area contributed by atoms with Crippen molar-refractivity contribution < 1.29 is 19.1 Å². The molecule has 0 fully saturated rings. The van der Waals surface area contributed by atoms with Crippen molar-refractivity contribution in [3.63, 3.8) is 0 Å². The number of esters is 2. The first kappa shape index (κ1) is 19.0. The maximum atomic E-state index is 11.1. The average Bonchev–Trinajstić information content (AvgIpc) is 2.63. The van der Waals surface area contributed by atoms with Crippen molar-refractivity contribution in [3.8, 4) is 0 Å². The summed E-state index contributed by atoms with van der Waals surface area (Å²) in [6, 6.07) is 6.18. The molecule has 0 saturated carbocycles. The summed E-state index contributed by atoms with van der Waals surface area (Å²) in [5, 5.41) is 7.87. The van der Waals surface area contributed by atoms with Crippen molar-refractivity contribution >= 4 is 23.3 Å². The Hall–Kier alpha value is -3.04. The third kappa shape index (κ3) is 5.63. The number of hydrogen-bond acceptors (Lipinski definition) is 8. The summed E-state index contributed by atoms with van der Waals surface area (Å²) in [4.78, 5) is 44.0. The van der Waals surface area contributed by atoms with Crippen LogP contribution in [0.25, 0.3) is 0 Å². The van der Waals surface area contributed by atoms with E-state index in [2.05, 4.69) is 20.0 Å². The van der Waals surface area contributed by atoms with Crippen LogP contribution in [0.1, 0.15) is 12.8 Å². The Morgan fingerprint density at radius 1 is 0.833 bits per heavy atom. The number of benzene rings is 1. The summed E-state index contributed by atoms with van der Waals surface area (Å²) >= 11 is 0. The second-order valence-electron chi connectivity index (χ2n) is 4.58. The Labute approximate surface area is 138 Å². The Morgan fingerprint density at radius 3 is 1.42 bits per heavy atom. The molecule has 0 N–H and O–H groups in total. The van der Waals surface area contributed by atoms with Crippen LogP contribution >= 0.6 is 0 Å². The summed E-state index contributed by atoms with van der Waals surface area (Å²) in [7, 11) is 2.51. The van der Waals surface area contributed by atoms with E-state index < -0.39 is 11.9 Å². The molecule has 0 aromatic heterocycles. The van der Waals surface area contributed by atoms with Gasteiger partial charge in [0.15, 0.2) is 0 Å². The molecule has 1 aromatic rings. The van der Waals surface area contributed by atoms with Gasteiger partial charge in [-0.05, 0) is 24.3 Å². The van der Waals surface area contributed by atoms with Crippen LogP contribution in [0.2, 0.25) is 0 Å². The molecule has 0 aliphatic carbocycles. The fourth-order valence-electron chi connectivity index (χ4n) is 1.83. The smallest absolute Gasteiger partial charge is 0.307 e. The molecule has 0 radical (unpaired) electrons. The zero-order valence-corrected chi connectivity index (χ0v) is 13.4. The molecule has 10 heteroatoms. The topological polar surface area (TPSA) is 118 Å². The van der Waals surface area contributed by atoms with Gasteiger partial charge in [0.05, 0.1) is 62.1 Å². The molecule has 1 rings (SSSR count). The predicted molar refractivity (Wildman–Crippen MR) is 86.0 cm³/mol. The Balaban J connectivity index is 2.74. The number of methoxy groups -OCH3 is 2. The van der Waals surface area contributed by atoms with Crippen LogP contribution in [0.15, 0.2) is 34.8 Å². The number of anilines is 2. The van der Waals surface area contributed by atoms with E-state index in [0.29, 0.717) is 11.4 Å². The van der Waals surface area contributed by atoms with E-state index in [4.69, 9.17) is 0 Å². The van der Waals surface area contributed by atoms with Gasteiger partial charge in [-0.25, -0.2) is 10.0 Å². The SMILES string of the molecule is COC(=O)CCN(N=O)c1ccc(N(CCC(=O)OC)N=O)cc1. The molecule has 0 amide bonds. The van der Waals surface area contributed by atoms with E-state index in [1.54, 1.807) is 24.3 Å². The lowest BCUT2D eigenvalue weighted by atomic mass is 10.2. The Kier molecular flexibility index (Phi) is 7.82. The zero-order chi connectivity index (χ0) is 17.9. The highest BCUT2D eigenvalue weighted by molar-refractivity contribution is 5.70. The van der Waals surface area contributed by atoms with Crippen molar-refractivity contribution in [2.24, 2.45) is 10.6 Å². The highest BCUT2D eigenvalue weighted by Gasteiger charge is 2.13. The van der Waals surface area contributed by atoms with Gasteiger partial charge in [-0.3, -0.25) is 9.59 Å². The van der Waals surface area contributed by atoms with E-state index in [-0.39, 0.29) is 25.9 Å². The van der Waals surface area contributed by atoms with Crippen LogP contribution < -0.4 is 10.0 Å². The van der Waals surface area contributed by atoms with E-state index in [1.807, 2.05) is 0 Å². The van der Waals surface area contributed by atoms with Crippen LogP contribution in [0.3, 0.4) is 0 Å². The standard InChI is InChI=1S/C14H18N4O6/c1-23-13(19)7-9-17(15-21)11-3-5-12(6-4-11)18(16-22)10-8-14(20)24-2/h3-6H,7-10H2,1-2H3. The minimum Gasteiger partial charge on any atom is -0.469 e. The summed E-state index contributed by atoms with van der Waals surface area (Å²) < 4.78 is 9.00. The summed E-state index contributed by atoms with van der Waals surface area (Å²) in [5.74, 6) is -0.918. The first-order valence-electron chi connectivity index (χ1n) is 7.01. The van der Waals surface area contributed by atoms with Gasteiger partial charge < -0.3 is 9.47 Å². The third-order valence-corrected chi connectivity index (χ3v) is 3.15. The molecule has 24 heavy (non-hydrogen) atoms. The van der Waals surface area contributed by atoms with Crippen molar-refractivity contribution in [1.29, 1.82) is 0 Å². The number of nitrogens with zero attached hydrogens (tertiary/aromatic N) is 4. The lowest BCUT2D eigenvalue weighted by Gasteiger charge is -2.17. The molecule has 0 atom stereocenters. The molecular formula is C14H18N4O6. The van der Waals surface area contributed by atoms with Crippen LogP contribution in [-0.2, 0) is 19.1 Å². The van der Waals surface area contributed by atoms with Gasteiger partial charge in [0.2, 0.25) is 0 Å². The lowest BCUT2D eigenvalue weighted by Crippen LogP contribution is -2.21. The second kappa shape index (κ2) is 9.87. The van der Waals surface area contributed by atoms with E-state index >= 15 is 0 Å². The van der Waals surface area contributed by atoms with Crippen molar-refractivity contribution in [2.75, 3.05) is 37.3 Å². The van der Waals surface area contributed by atoms with Gasteiger partial charge in [-0.2, -0.15) is 0 Å². The van der Waals surface area contributed by atoms with Gasteiger partial charge in [-0.15, -0.1) is 9.81 Å². The van der Waals surface area contributed by atoms with Gasteiger partial charge in [-0.1, -0.05) is 0 Å². The van der Waals surface area contributed by atoms with Gasteiger partial charge in [0, 0.05) is 0 Å². The lowest BCUT2D eigenvalue weighted by molar-refractivity contribution is -0.141. The molecule has 0 heterocycles. The highest BCUT2D eigenvalue weighted by atomic mass is 16.5. The minimum atomic E-state index is -0.459. The molecule has 0 aliphatic rings. The second-order valence-corrected chi connectivity index (χ2v) is 4.58. The normalized spacial score (nSPS) is 9.75. The van der Waals surface area contributed by atoms with E-state index in [0.717, 1.165) is 10.0 Å². The van der Waals surface area contributed by atoms with Gasteiger partial charge >= 0.3 is 11.9 Å². The van der Waals surface area contributed by atoms with Gasteiger partial charge in [0.1, 0.15) is 0 Å². The number of carbonyl (C=O) groups is 2. The number of hydrogen-bond donors (Lipinski definition) is 0. The maximum absolute atomic E-state index is 11.1. The predicted octanol–water partition coefficient (Wildman–Crippen LogP) is 1.79. The summed E-state index contributed by atoms with van der Waals surface area (Å²) in [5.41, 5.74) is 0.882. The summed E-state index contributed by atoms with van der Waals surface area (Å²) in [6.07, 6.45) is 0.0102. The number of carbonyl (C=O) groups excluding carboxylic acids is 2. The fraction of sp³-hybridized carbons (Fsp3) is 0.429. The minimum absolute atomic E-state index is 0.00510. The van der Waals surface area contributed by atoms with Crippen LogP contribution in [-0.4, -0.2) is 39.2 Å². The molecular weight excluding hydrogens is 320 g/mol. The number of nitroso groups, excluding NO2 is 2. The molecule has 0 saturated heterocycles. The van der Waals surface area contributed by atoms with Crippen molar-refractivity contribution in [2.45, 2.75) is 12.8 Å². The first-order valence-corrected chi connectivity index (χ1v) is 7.01. The molecule has 0 bridgehead atoms. The monoisotopic (exact) mass is 338 g/mol. The Morgan fingerprint density at radius 2 is 1.17 bits per heavy atom. The van der Waals surface area contributed by atoms with Crippen molar-refractivity contribution in [1.82, 2.24) is 0 Å². The molecule has 1 aromatic carbocycles. The first-order chi connectivity index (χ1) is 11.5. The van der Waals surface area contributed by atoms with E-state index in [9.17, 15) is 19.4 Å². The summed E-state index contributed by atoms with van der Waals surface area (Å²) in [6.45, 7) is 0.126. The van der Waals surface area contributed by atoms with Gasteiger partial charge in [0.25, 0.3) is 0 Å². The van der Waals surface area contributed by atoms with Crippen LogP contribution in [0.4, 0.5) is 11.4 Å². The van der Waals surface area contributed by atoms with E-state index in [1.165, 1.54) is 14.2 Å². The fourth-order valence-corrected chi connectivity index (χ4v) is 1.83. The molecule has 0 aliphatic heterocycles. The highest BCUT2D eigenvalue weighted by Crippen LogP contribution is 2.22. The zero-order valence-electron chi connectivity index (χ0n) is 13.4. The van der Waals surface area contributed by atoms with Crippen molar-refractivity contribution in [3.05, 3.63) is 34.1 Å².